The highest BCUT2D eigenvalue weighted by Crippen LogP contribution is 2.35. The SMILES string of the molecule is COCC(C)Oc1ncccc1Nc1ncnc2sc(C(=O)NCCO)c(C)c12. The Labute approximate surface area is 172 Å². The fraction of sp³-hybridized carbons (Fsp3) is 0.368. The van der Waals surface area contributed by atoms with Gasteiger partial charge in [-0.05, 0) is 31.5 Å². The number of nitrogens with one attached hydrogen (secondary N) is 2. The van der Waals surface area contributed by atoms with E-state index < -0.39 is 0 Å². The zero-order valence-corrected chi connectivity index (χ0v) is 17.2. The van der Waals surface area contributed by atoms with Gasteiger partial charge in [0.05, 0.1) is 23.5 Å². The second-order valence-corrected chi connectivity index (χ2v) is 7.30. The number of hydrogen-bond acceptors (Lipinski definition) is 9. The summed E-state index contributed by atoms with van der Waals surface area (Å²) in [7, 11) is 1.61. The molecule has 3 aromatic heterocycles. The van der Waals surface area contributed by atoms with Crippen molar-refractivity contribution < 1.29 is 19.4 Å². The molecule has 1 amide bonds. The maximum absolute atomic E-state index is 12.4. The number of methoxy groups -OCH3 is 1. The first-order valence-electron chi connectivity index (χ1n) is 9.06. The standard InChI is InChI=1S/C19H23N5O4S/c1-11(9-27-3)28-18-13(5-4-6-21-18)24-16-14-12(2)15(17(26)20-7-8-25)29-19(14)23-10-22-16/h4-6,10-11,25H,7-9H2,1-3H3,(H,20,26)(H,22,23,24). The molecular formula is C19H23N5O4S. The molecule has 0 saturated heterocycles. The minimum atomic E-state index is -0.246. The van der Waals surface area contributed by atoms with Gasteiger partial charge in [-0.1, -0.05) is 0 Å². The van der Waals surface area contributed by atoms with E-state index in [4.69, 9.17) is 14.6 Å². The molecule has 154 valence electrons. The van der Waals surface area contributed by atoms with Crippen molar-refractivity contribution in [3.63, 3.8) is 0 Å². The van der Waals surface area contributed by atoms with Crippen LogP contribution >= 0.6 is 11.3 Å². The van der Waals surface area contributed by atoms with Crippen LogP contribution in [0.5, 0.6) is 5.88 Å². The van der Waals surface area contributed by atoms with Crippen LogP contribution in [0, 0.1) is 6.92 Å². The van der Waals surface area contributed by atoms with Gasteiger partial charge < -0.3 is 25.2 Å². The van der Waals surface area contributed by atoms with Gasteiger partial charge in [0, 0.05) is 19.9 Å². The van der Waals surface area contributed by atoms with E-state index in [1.807, 2.05) is 19.9 Å². The largest absolute Gasteiger partial charge is 0.471 e. The van der Waals surface area contributed by atoms with Gasteiger partial charge in [0.2, 0.25) is 5.88 Å². The highest BCUT2D eigenvalue weighted by Gasteiger charge is 2.20. The van der Waals surface area contributed by atoms with E-state index in [1.54, 1.807) is 19.4 Å². The number of aryl methyl sites for hydroxylation is 1. The maximum Gasteiger partial charge on any atom is 0.261 e. The Morgan fingerprint density at radius 2 is 2.17 bits per heavy atom. The number of aliphatic hydroxyl groups excluding tert-OH is 1. The van der Waals surface area contributed by atoms with E-state index in [2.05, 4.69) is 25.6 Å². The fourth-order valence-electron chi connectivity index (χ4n) is 2.80. The van der Waals surface area contributed by atoms with Crippen LogP contribution in [0.1, 0.15) is 22.2 Å². The second-order valence-electron chi connectivity index (χ2n) is 6.30. The van der Waals surface area contributed by atoms with E-state index in [-0.39, 0.29) is 25.2 Å². The van der Waals surface area contributed by atoms with Crippen molar-refractivity contribution in [3.8, 4) is 5.88 Å². The number of hydrogen-bond donors (Lipinski definition) is 3. The molecule has 0 spiro atoms. The predicted octanol–water partition coefficient (Wildman–Crippen LogP) is 2.27. The average molecular weight is 417 g/mol. The molecule has 1 unspecified atom stereocenters. The second kappa shape index (κ2) is 9.59. The quantitative estimate of drug-likeness (QED) is 0.485. The lowest BCUT2D eigenvalue weighted by atomic mass is 10.2. The third-order valence-corrected chi connectivity index (χ3v) is 5.27. The number of ether oxygens (including phenoxy) is 2. The molecule has 3 N–H and O–H groups in total. The molecule has 29 heavy (non-hydrogen) atoms. The number of aliphatic hydroxyl groups is 1. The van der Waals surface area contributed by atoms with E-state index in [9.17, 15) is 4.79 Å². The number of fused-ring (bicyclic) bond motifs is 1. The predicted molar refractivity (Wildman–Crippen MR) is 111 cm³/mol. The summed E-state index contributed by atoms with van der Waals surface area (Å²) in [5, 5.41) is 15.6. The third-order valence-electron chi connectivity index (χ3n) is 4.07. The van der Waals surface area contributed by atoms with Crippen molar-refractivity contribution in [2.24, 2.45) is 0 Å². The van der Waals surface area contributed by atoms with Crippen LogP contribution in [0.3, 0.4) is 0 Å². The number of thiophene rings is 1. The fourth-order valence-corrected chi connectivity index (χ4v) is 3.86. The first-order chi connectivity index (χ1) is 14.0. The molecule has 0 aromatic carbocycles. The summed E-state index contributed by atoms with van der Waals surface area (Å²) in [5.41, 5.74) is 1.41. The Balaban J connectivity index is 1.94. The number of nitrogens with zero attached hydrogens (tertiary/aromatic N) is 3. The van der Waals surface area contributed by atoms with Crippen LogP contribution < -0.4 is 15.4 Å². The minimum Gasteiger partial charge on any atom is -0.471 e. The monoisotopic (exact) mass is 417 g/mol. The van der Waals surface area contributed by atoms with E-state index in [0.29, 0.717) is 33.7 Å². The molecule has 3 aromatic rings. The summed E-state index contributed by atoms with van der Waals surface area (Å²) >= 11 is 1.28. The molecular weight excluding hydrogens is 394 g/mol. The number of aromatic nitrogens is 3. The number of amides is 1. The summed E-state index contributed by atoms with van der Waals surface area (Å²) < 4.78 is 11.0. The van der Waals surface area contributed by atoms with Crippen molar-refractivity contribution in [2.75, 3.05) is 32.2 Å². The molecule has 0 radical (unpaired) electrons. The van der Waals surface area contributed by atoms with E-state index >= 15 is 0 Å². The number of carbonyl (C=O) groups excluding carboxylic acids is 1. The lowest BCUT2D eigenvalue weighted by molar-refractivity contribution is 0.0895. The topological polar surface area (TPSA) is 118 Å². The highest BCUT2D eigenvalue weighted by atomic mass is 32.1. The Morgan fingerprint density at radius 1 is 1.34 bits per heavy atom. The Kier molecular flexibility index (Phi) is 6.91. The van der Waals surface area contributed by atoms with Gasteiger partial charge in [0.1, 0.15) is 28.8 Å². The lowest BCUT2D eigenvalue weighted by Crippen LogP contribution is -2.26. The normalized spacial score (nSPS) is 12.0. The zero-order chi connectivity index (χ0) is 20.8. The Bertz CT molecular complexity index is 994. The van der Waals surface area contributed by atoms with Gasteiger partial charge in [0.25, 0.3) is 5.91 Å². The number of carbonyl (C=O) groups is 1. The molecule has 3 rings (SSSR count). The van der Waals surface area contributed by atoms with E-state index in [1.165, 1.54) is 17.7 Å². The van der Waals surface area contributed by atoms with Crippen molar-refractivity contribution in [1.29, 1.82) is 0 Å². The molecule has 1 atom stereocenters. The molecule has 0 aliphatic carbocycles. The highest BCUT2D eigenvalue weighted by molar-refractivity contribution is 7.20. The number of anilines is 2. The number of rotatable bonds is 9. The van der Waals surface area contributed by atoms with Gasteiger partial charge >= 0.3 is 0 Å². The van der Waals surface area contributed by atoms with Crippen molar-refractivity contribution in [3.05, 3.63) is 35.1 Å². The Morgan fingerprint density at radius 3 is 2.93 bits per heavy atom. The first kappa shape index (κ1) is 20.9. The van der Waals surface area contributed by atoms with Crippen LogP contribution in [0.4, 0.5) is 11.5 Å². The van der Waals surface area contributed by atoms with Gasteiger partial charge in [-0.15, -0.1) is 11.3 Å². The molecule has 0 saturated carbocycles. The maximum atomic E-state index is 12.4. The van der Waals surface area contributed by atoms with Crippen molar-refractivity contribution in [2.45, 2.75) is 20.0 Å². The summed E-state index contributed by atoms with van der Waals surface area (Å²) in [6.07, 6.45) is 2.92. The molecule has 0 aliphatic rings. The average Bonchev–Trinajstić information content (AvgIpc) is 3.05. The summed E-state index contributed by atoms with van der Waals surface area (Å²) in [4.78, 5) is 26.6. The van der Waals surface area contributed by atoms with Crippen molar-refractivity contribution >= 4 is 39.0 Å². The molecule has 0 bridgehead atoms. The van der Waals surface area contributed by atoms with Gasteiger partial charge in [-0.25, -0.2) is 15.0 Å². The van der Waals surface area contributed by atoms with Crippen LogP contribution in [-0.2, 0) is 4.74 Å². The van der Waals surface area contributed by atoms with Crippen molar-refractivity contribution in [1.82, 2.24) is 20.3 Å². The van der Waals surface area contributed by atoms with Crippen LogP contribution in [0.25, 0.3) is 10.2 Å². The summed E-state index contributed by atoms with van der Waals surface area (Å²) in [5.74, 6) is 0.740. The Hall–Kier alpha value is -2.82. The van der Waals surface area contributed by atoms with Crippen LogP contribution in [0.15, 0.2) is 24.7 Å². The third kappa shape index (κ3) is 4.78. The van der Waals surface area contributed by atoms with Gasteiger partial charge in [-0.2, -0.15) is 0 Å². The molecule has 10 heteroatoms. The molecule has 0 aliphatic heterocycles. The first-order valence-corrected chi connectivity index (χ1v) is 9.87. The number of pyridine rings is 1. The summed E-state index contributed by atoms with van der Waals surface area (Å²) in [6, 6.07) is 3.63. The van der Waals surface area contributed by atoms with Gasteiger partial charge in [0.15, 0.2) is 0 Å². The van der Waals surface area contributed by atoms with E-state index in [0.717, 1.165) is 10.9 Å². The lowest BCUT2D eigenvalue weighted by Gasteiger charge is -2.16. The smallest absolute Gasteiger partial charge is 0.261 e. The minimum absolute atomic E-state index is 0.117. The van der Waals surface area contributed by atoms with Crippen LogP contribution in [0.2, 0.25) is 0 Å². The molecule has 3 heterocycles. The molecule has 0 fully saturated rings. The zero-order valence-electron chi connectivity index (χ0n) is 16.4. The summed E-state index contributed by atoms with van der Waals surface area (Å²) in [6.45, 7) is 4.25. The van der Waals surface area contributed by atoms with Gasteiger partial charge in [-0.3, -0.25) is 4.79 Å². The van der Waals surface area contributed by atoms with Crippen LogP contribution in [-0.4, -0.2) is 58.9 Å². The molecule has 9 nitrogen and oxygen atoms in total.